The van der Waals surface area contributed by atoms with Gasteiger partial charge in [-0.2, -0.15) is 0 Å². The molecular formula is C29H33ClN2O3. The lowest BCUT2D eigenvalue weighted by Crippen LogP contribution is -2.52. The van der Waals surface area contributed by atoms with Gasteiger partial charge < -0.3 is 15.0 Å². The molecule has 0 aliphatic rings. The summed E-state index contributed by atoms with van der Waals surface area (Å²) >= 11 is 6.06. The molecule has 0 fully saturated rings. The van der Waals surface area contributed by atoms with Gasteiger partial charge in [-0.05, 0) is 42.2 Å². The smallest absolute Gasteiger partial charge is 0.261 e. The van der Waals surface area contributed by atoms with Crippen LogP contribution < -0.4 is 10.1 Å². The second-order valence-electron chi connectivity index (χ2n) is 9.10. The van der Waals surface area contributed by atoms with Gasteiger partial charge in [0.15, 0.2) is 6.61 Å². The Morgan fingerprint density at radius 3 is 2.34 bits per heavy atom. The molecule has 184 valence electrons. The summed E-state index contributed by atoms with van der Waals surface area (Å²) in [5, 5.41) is 3.55. The minimum absolute atomic E-state index is 0.175. The molecule has 1 unspecified atom stereocenters. The molecule has 3 rings (SSSR count). The van der Waals surface area contributed by atoms with E-state index in [1.807, 2.05) is 75.4 Å². The lowest BCUT2D eigenvalue weighted by Gasteiger charge is -2.31. The summed E-state index contributed by atoms with van der Waals surface area (Å²) in [7, 11) is 0. The number of aryl methyl sites for hydroxylation is 1. The molecule has 1 N–H and O–H groups in total. The van der Waals surface area contributed by atoms with Crippen molar-refractivity contribution in [2.45, 2.75) is 39.8 Å². The maximum atomic E-state index is 13.6. The summed E-state index contributed by atoms with van der Waals surface area (Å²) in [6.45, 7) is 6.73. The van der Waals surface area contributed by atoms with Gasteiger partial charge >= 0.3 is 0 Å². The Kier molecular flexibility index (Phi) is 9.74. The third-order valence-corrected chi connectivity index (χ3v) is 5.78. The molecule has 6 heteroatoms. The number of benzene rings is 3. The van der Waals surface area contributed by atoms with Crippen molar-refractivity contribution in [1.82, 2.24) is 10.2 Å². The van der Waals surface area contributed by atoms with Gasteiger partial charge in [0.2, 0.25) is 5.91 Å². The maximum Gasteiger partial charge on any atom is 0.261 e. The third kappa shape index (κ3) is 8.45. The summed E-state index contributed by atoms with van der Waals surface area (Å²) in [6.07, 6.45) is 0.402. The third-order valence-electron chi connectivity index (χ3n) is 5.55. The second kappa shape index (κ2) is 13.0. The van der Waals surface area contributed by atoms with E-state index in [9.17, 15) is 9.59 Å². The van der Waals surface area contributed by atoms with Crippen molar-refractivity contribution in [1.29, 1.82) is 0 Å². The normalized spacial score (nSPS) is 11.7. The van der Waals surface area contributed by atoms with Crippen LogP contribution in [0.25, 0.3) is 0 Å². The van der Waals surface area contributed by atoms with Crippen molar-refractivity contribution in [2.75, 3.05) is 13.2 Å². The molecule has 0 aliphatic carbocycles. The van der Waals surface area contributed by atoms with Crippen molar-refractivity contribution in [3.8, 4) is 5.75 Å². The number of hydrogen-bond donors (Lipinski definition) is 1. The number of nitrogens with zero attached hydrogens (tertiary/aromatic N) is 1. The van der Waals surface area contributed by atoms with Crippen LogP contribution in [0.3, 0.4) is 0 Å². The topological polar surface area (TPSA) is 58.6 Å². The van der Waals surface area contributed by atoms with Crippen LogP contribution in [0.4, 0.5) is 0 Å². The fourth-order valence-electron chi connectivity index (χ4n) is 3.77. The van der Waals surface area contributed by atoms with E-state index in [-0.39, 0.29) is 18.4 Å². The molecule has 0 spiro atoms. The first-order valence-electron chi connectivity index (χ1n) is 11.9. The highest BCUT2D eigenvalue weighted by atomic mass is 35.5. The fraction of sp³-hybridized carbons (Fsp3) is 0.310. The molecule has 0 aromatic heterocycles. The highest BCUT2D eigenvalue weighted by Gasteiger charge is 2.30. The van der Waals surface area contributed by atoms with Crippen LogP contribution in [-0.2, 0) is 22.6 Å². The molecule has 0 aliphatic heterocycles. The Hall–Kier alpha value is -3.31. The summed E-state index contributed by atoms with van der Waals surface area (Å²) < 4.78 is 5.76. The van der Waals surface area contributed by atoms with E-state index in [0.717, 1.165) is 16.7 Å². The van der Waals surface area contributed by atoms with E-state index in [4.69, 9.17) is 16.3 Å². The first kappa shape index (κ1) is 26.3. The number of halogens is 1. The average Bonchev–Trinajstić information content (AvgIpc) is 2.84. The van der Waals surface area contributed by atoms with Crippen molar-refractivity contribution in [3.63, 3.8) is 0 Å². The van der Waals surface area contributed by atoms with Gasteiger partial charge in [0.1, 0.15) is 11.8 Å². The molecule has 5 nitrogen and oxygen atoms in total. The lowest BCUT2D eigenvalue weighted by molar-refractivity contribution is -0.142. The van der Waals surface area contributed by atoms with Gasteiger partial charge in [0.05, 0.1) is 0 Å². The number of hydrogen-bond acceptors (Lipinski definition) is 3. The van der Waals surface area contributed by atoms with E-state index < -0.39 is 6.04 Å². The Labute approximate surface area is 213 Å². The lowest BCUT2D eigenvalue weighted by atomic mass is 10.0. The van der Waals surface area contributed by atoms with Crippen molar-refractivity contribution in [3.05, 3.63) is 101 Å². The van der Waals surface area contributed by atoms with Crippen LogP contribution in [-0.4, -0.2) is 35.9 Å². The van der Waals surface area contributed by atoms with Gasteiger partial charge in [-0.25, -0.2) is 0 Å². The molecule has 2 amide bonds. The van der Waals surface area contributed by atoms with Gasteiger partial charge in [-0.15, -0.1) is 0 Å². The van der Waals surface area contributed by atoms with Gasteiger partial charge in [0, 0.05) is 24.5 Å². The van der Waals surface area contributed by atoms with Crippen LogP contribution in [0, 0.1) is 12.8 Å². The number of ether oxygens (including phenoxy) is 1. The number of amides is 2. The second-order valence-corrected chi connectivity index (χ2v) is 9.54. The minimum Gasteiger partial charge on any atom is -0.484 e. The largest absolute Gasteiger partial charge is 0.484 e. The first-order valence-corrected chi connectivity index (χ1v) is 12.2. The van der Waals surface area contributed by atoms with Gasteiger partial charge in [0.25, 0.3) is 5.91 Å². The van der Waals surface area contributed by atoms with E-state index in [2.05, 4.69) is 5.32 Å². The average molecular weight is 493 g/mol. The highest BCUT2D eigenvalue weighted by molar-refractivity contribution is 6.30. The van der Waals surface area contributed by atoms with Crippen LogP contribution in [0.1, 0.15) is 30.5 Å². The number of carbonyl (C=O) groups is 2. The summed E-state index contributed by atoms with van der Waals surface area (Å²) in [4.78, 5) is 28.6. The quantitative estimate of drug-likeness (QED) is 0.387. The number of nitrogens with one attached hydrogen (secondary N) is 1. The Morgan fingerprint density at radius 1 is 0.943 bits per heavy atom. The monoisotopic (exact) mass is 492 g/mol. The van der Waals surface area contributed by atoms with Crippen molar-refractivity contribution >= 4 is 23.4 Å². The molecule has 3 aromatic rings. The van der Waals surface area contributed by atoms with Crippen LogP contribution >= 0.6 is 11.6 Å². The van der Waals surface area contributed by atoms with Crippen LogP contribution in [0.15, 0.2) is 78.9 Å². The molecule has 3 aromatic carbocycles. The van der Waals surface area contributed by atoms with Gasteiger partial charge in [-0.3, -0.25) is 9.59 Å². The maximum absolute atomic E-state index is 13.6. The van der Waals surface area contributed by atoms with E-state index in [1.165, 1.54) is 0 Å². The molecule has 0 bridgehead atoms. The zero-order valence-electron chi connectivity index (χ0n) is 20.5. The Balaban J connectivity index is 1.90. The van der Waals surface area contributed by atoms with Crippen molar-refractivity contribution < 1.29 is 14.3 Å². The fourth-order valence-corrected chi connectivity index (χ4v) is 3.95. The van der Waals surface area contributed by atoms with Crippen LogP contribution in [0.5, 0.6) is 5.75 Å². The first-order chi connectivity index (χ1) is 16.8. The Morgan fingerprint density at radius 2 is 1.66 bits per heavy atom. The minimum atomic E-state index is -0.688. The van der Waals surface area contributed by atoms with E-state index in [0.29, 0.717) is 36.2 Å². The zero-order valence-corrected chi connectivity index (χ0v) is 21.3. The van der Waals surface area contributed by atoms with Crippen LogP contribution in [0.2, 0.25) is 5.02 Å². The van der Waals surface area contributed by atoms with E-state index >= 15 is 0 Å². The predicted octanol–water partition coefficient (Wildman–Crippen LogP) is 5.44. The van der Waals surface area contributed by atoms with Gasteiger partial charge in [-0.1, -0.05) is 91.7 Å². The molecule has 0 radical (unpaired) electrons. The van der Waals surface area contributed by atoms with E-state index in [1.54, 1.807) is 29.2 Å². The van der Waals surface area contributed by atoms with Crippen molar-refractivity contribution in [2.24, 2.45) is 5.92 Å². The number of carbonyl (C=O) groups excluding carboxylic acids is 2. The Bertz CT molecular complexity index is 1120. The summed E-state index contributed by atoms with van der Waals surface area (Å²) in [6, 6.07) is 24.0. The highest BCUT2D eigenvalue weighted by Crippen LogP contribution is 2.19. The zero-order chi connectivity index (χ0) is 25.2. The molecule has 35 heavy (non-hydrogen) atoms. The SMILES string of the molecule is Cc1cccc(CN(C(=O)COc2cccc(Cl)c2)C(Cc2ccccc2)C(=O)NCC(C)C)c1. The molecule has 1 atom stereocenters. The predicted molar refractivity (Wildman–Crippen MR) is 140 cm³/mol. The standard InChI is InChI=1S/C29H33ClN2O3/c1-21(2)18-31-29(34)27(16-23-10-5-4-6-11-23)32(19-24-12-7-9-22(3)15-24)28(33)20-35-26-14-8-13-25(30)17-26/h4-15,17,21,27H,16,18-20H2,1-3H3,(H,31,34). The summed E-state index contributed by atoms with van der Waals surface area (Å²) in [5.74, 6) is 0.354. The molecule has 0 saturated carbocycles. The molecule has 0 heterocycles. The summed E-state index contributed by atoms with van der Waals surface area (Å²) in [5.41, 5.74) is 3.03. The molecule has 0 saturated heterocycles. The number of rotatable bonds is 11. The molecular weight excluding hydrogens is 460 g/mol.